The molecule has 0 radical (unpaired) electrons. The highest BCUT2D eigenvalue weighted by molar-refractivity contribution is 5.86. The van der Waals surface area contributed by atoms with Gasteiger partial charge in [-0.2, -0.15) is 5.10 Å². The molecule has 1 atom stereocenters. The third-order valence-electron chi connectivity index (χ3n) is 4.78. The van der Waals surface area contributed by atoms with Crippen LogP contribution in [0.5, 0.6) is 5.75 Å². The quantitative estimate of drug-likeness (QED) is 0.793. The summed E-state index contributed by atoms with van der Waals surface area (Å²) in [5.41, 5.74) is 2.65. The Balaban J connectivity index is 1.72. The SMILES string of the molecule is COc1ccc(CNC(=O)[C@@H]2CN(C(=O)CN(C)C)Cc3cn(C)nc32)cc1. The van der Waals surface area contributed by atoms with E-state index in [0.717, 1.165) is 22.6 Å². The van der Waals surface area contributed by atoms with E-state index in [1.54, 1.807) is 16.7 Å². The predicted molar refractivity (Wildman–Crippen MR) is 105 cm³/mol. The van der Waals surface area contributed by atoms with E-state index in [4.69, 9.17) is 4.74 Å². The topological polar surface area (TPSA) is 79.7 Å². The summed E-state index contributed by atoms with van der Waals surface area (Å²) in [6, 6.07) is 7.55. The zero-order valence-electron chi connectivity index (χ0n) is 16.8. The number of hydrogen-bond acceptors (Lipinski definition) is 5. The molecule has 2 amide bonds. The summed E-state index contributed by atoms with van der Waals surface area (Å²) in [5, 5.41) is 7.46. The van der Waals surface area contributed by atoms with E-state index in [2.05, 4.69) is 10.4 Å². The van der Waals surface area contributed by atoms with Gasteiger partial charge in [0, 0.05) is 38.4 Å². The number of aromatic nitrogens is 2. The second kappa shape index (κ2) is 8.43. The Kier molecular flexibility index (Phi) is 5.99. The lowest BCUT2D eigenvalue weighted by Crippen LogP contribution is -2.46. The van der Waals surface area contributed by atoms with E-state index in [1.165, 1.54) is 0 Å². The highest BCUT2D eigenvalue weighted by Crippen LogP contribution is 2.27. The average molecular weight is 385 g/mol. The predicted octanol–water partition coefficient (Wildman–Crippen LogP) is 0.733. The highest BCUT2D eigenvalue weighted by Gasteiger charge is 2.35. The van der Waals surface area contributed by atoms with Crippen LogP contribution < -0.4 is 10.1 Å². The summed E-state index contributed by atoms with van der Waals surface area (Å²) in [6.45, 7) is 1.55. The summed E-state index contributed by atoms with van der Waals surface area (Å²) in [4.78, 5) is 29.0. The van der Waals surface area contributed by atoms with Crippen molar-refractivity contribution < 1.29 is 14.3 Å². The lowest BCUT2D eigenvalue weighted by molar-refractivity contribution is -0.134. The standard InChI is InChI=1S/C20H27N5O3/c1-23(2)13-18(26)25-11-15-10-24(3)22-19(15)17(12-25)20(27)21-9-14-5-7-16(28-4)8-6-14/h5-8,10,17H,9,11-13H2,1-4H3,(H,21,27)/t17-/m1/s1. The molecule has 1 aliphatic rings. The molecule has 1 aromatic heterocycles. The summed E-state index contributed by atoms with van der Waals surface area (Å²) < 4.78 is 6.86. The summed E-state index contributed by atoms with van der Waals surface area (Å²) in [6.07, 6.45) is 1.88. The highest BCUT2D eigenvalue weighted by atomic mass is 16.5. The molecule has 0 saturated carbocycles. The number of carbonyl (C=O) groups excluding carboxylic acids is 2. The van der Waals surface area contributed by atoms with E-state index >= 15 is 0 Å². The van der Waals surface area contributed by atoms with Gasteiger partial charge in [-0.1, -0.05) is 12.1 Å². The van der Waals surface area contributed by atoms with Gasteiger partial charge in [-0.25, -0.2) is 0 Å². The lowest BCUT2D eigenvalue weighted by atomic mass is 9.95. The van der Waals surface area contributed by atoms with Gasteiger partial charge in [-0.15, -0.1) is 0 Å². The van der Waals surface area contributed by atoms with Crippen LogP contribution in [0.3, 0.4) is 0 Å². The van der Waals surface area contributed by atoms with Crippen LogP contribution in [0.4, 0.5) is 0 Å². The third-order valence-corrected chi connectivity index (χ3v) is 4.78. The largest absolute Gasteiger partial charge is 0.497 e. The second-order valence-corrected chi connectivity index (χ2v) is 7.34. The molecular weight excluding hydrogens is 358 g/mol. The van der Waals surface area contributed by atoms with Crippen LogP contribution in [-0.4, -0.2) is 65.7 Å². The molecule has 0 saturated heterocycles. The maximum atomic E-state index is 12.9. The number of ether oxygens (including phenoxy) is 1. The Labute approximate surface area is 165 Å². The Bertz CT molecular complexity index is 844. The molecule has 1 N–H and O–H groups in total. The molecule has 0 aliphatic carbocycles. The minimum absolute atomic E-state index is 0.00691. The van der Waals surface area contributed by atoms with E-state index < -0.39 is 5.92 Å². The van der Waals surface area contributed by atoms with E-state index in [-0.39, 0.29) is 11.8 Å². The van der Waals surface area contributed by atoms with E-state index in [1.807, 2.05) is 56.5 Å². The molecule has 1 aliphatic heterocycles. The summed E-state index contributed by atoms with van der Waals surface area (Å²) in [5.74, 6) is 0.176. The van der Waals surface area contributed by atoms with Gasteiger partial charge in [-0.05, 0) is 31.8 Å². The zero-order valence-corrected chi connectivity index (χ0v) is 16.8. The molecular formula is C20H27N5O3. The number of benzene rings is 1. The van der Waals surface area contributed by atoms with Gasteiger partial charge in [0.15, 0.2) is 0 Å². The molecule has 8 nitrogen and oxygen atoms in total. The minimum Gasteiger partial charge on any atom is -0.497 e. The lowest BCUT2D eigenvalue weighted by Gasteiger charge is -2.32. The molecule has 3 rings (SSSR count). The van der Waals surface area contributed by atoms with Gasteiger partial charge in [0.05, 0.1) is 25.3 Å². The molecule has 2 aromatic rings. The van der Waals surface area contributed by atoms with Crippen molar-refractivity contribution in [1.82, 2.24) is 24.9 Å². The van der Waals surface area contributed by atoms with Crippen molar-refractivity contribution in [3.8, 4) is 5.75 Å². The number of amides is 2. The Morgan fingerprint density at radius 3 is 2.64 bits per heavy atom. The fourth-order valence-corrected chi connectivity index (χ4v) is 3.37. The normalized spacial score (nSPS) is 16.0. The van der Waals surface area contributed by atoms with Crippen molar-refractivity contribution in [1.29, 1.82) is 0 Å². The van der Waals surface area contributed by atoms with Crippen molar-refractivity contribution in [2.24, 2.45) is 7.05 Å². The first-order chi connectivity index (χ1) is 13.4. The number of aryl methyl sites for hydroxylation is 1. The summed E-state index contributed by atoms with van der Waals surface area (Å²) in [7, 11) is 7.16. The molecule has 28 heavy (non-hydrogen) atoms. The zero-order chi connectivity index (χ0) is 20.3. The minimum atomic E-state index is -0.477. The van der Waals surface area contributed by atoms with Crippen LogP contribution in [-0.2, 0) is 29.7 Å². The Morgan fingerprint density at radius 1 is 1.29 bits per heavy atom. The molecule has 0 spiro atoms. The van der Waals surface area contributed by atoms with Crippen LogP contribution in [0.1, 0.15) is 22.7 Å². The van der Waals surface area contributed by atoms with Crippen LogP contribution in [0, 0.1) is 0 Å². The number of nitrogens with one attached hydrogen (secondary N) is 1. The van der Waals surface area contributed by atoms with Gasteiger partial charge in [0.25, 0.3) is 0 Å². The Morgan fingerprint density at radius 2 is 2.00 bits per heavy atom. The Hall–Kier alpha value is -2.87. The fraction of sp³-hybridized carbons (Fsp3) is 0.450. The van der Waals surface area contributed by atoms with Gasteiger partial charge in [0.1, 0.15) is 5.75 Å². The molecule has 8 heteroatoms. The van der Waals surface area contributed by atoms with E-state index in [9.17, 15) is 9.59 Å². The van der Waals surface area contributed by atoms with Gasteiger partial charge < -0.3 is 19.9 Å². The molecule has 0 unspecified atom stereocenters. The van der Waals surface area contributed by atoms with Crippen LogP contribution >= 0.6 is 0 Å². The fourth-order valence-electron chi connectivity index (χ4n) is 3.37. The van der Waals surface area contributed by atoms with Crippen molar-refractivity contribution >= 4 is 11.8 Å². The molecule has 2 heterocycles. The number of nitrogens with zero attached hydrogens (tertiary/aromatic N) is 4. The summed E-state index contributed by atoms with van der Waals surface area (Å²) >= 11 is 0. The van der Waals surface area contributed by atoms with Gasteiger partial charge in [0.2, 0.25) is 11.8 Å². The van der Waals surface area contributed by atoms with E-state index in [0.29, 0.717) is 26.2 Å². The maximum absolute atomic E-state index is 12.9. The van der Waals surface area contributed by atoms with Crippen LogP contribution in [0.2, 0.25) is 0 Å². The number of carbonyl (C=O) groups is 2. The first-order valence-electron chi connectivity index (χ1n) is 9.23. The molecule has 1 aromatic carbocycles. The first-order valence-corrected chi connectivity index (χ1v) is 9.23. The smallest absolute Gasteiger partial charge is 0.237 e. The van der Waals surface area contributed by atoms with Crippen LogP contribution in [0.15, 0.2) is 30.5 Å². The van der Waals surface area contributed by atoms with Crippen molar-refractivity contribution in [2.75, 3.05) is 34.3 Å². The van der Waals surface area contributed by atoms with Crippen LogP contribution in [0.25, 0.3) is 0 Å². The first kappa shape index (κ1) is 19.9. The van der Waals surface area contributed by atoms with Gasteiger partial charge in [-0.3, -0.25) is 14.3 Å². The molecule has 0 fully saturated rings. The van der Waals surface area contributed by atoms with Crippen molar-refractivity contribution in [3.63, 3.8) is 0 Å². The maximum Gasteiger partial charge on any atom is 0.237 e. The number of fused-ring (bicyclic) bond motifs is 1. The third kappa shape index (κ3) is 4.51. The number of methoxy groups -OCH3 is 1. The van der Waals surface area contributed by atoms with Crippen molar-refractivity contribution in [2.45, 2.75) is 19.0 Å². The van der Waals surface area contributed by atoms with Gasteiger partial charge >= 0.3 is 0 Å². The number of likely N-dealkylation sites (N-methyl/N-ethyl adjacent to an activating group) is 1. The number of hydrogen-bond donors (Lipinski definition) is 1. The monoisotopic (exact) mass is 385 g/mol. The second-order valence-electron chi connectivity index (χ2n) is 7.34. The molecule has 150 valence electrons. The number of rotatable bonds is 6. The van der Waals surface area contributed by atoms with Crippen molar-refractivity contribution in [3.05, 3.63) is 47.3 Å². The average Bonchev–Trinajstić information content (AvgIpc) is 3.05. The molecule has 0 bridgehead atoms.